The highest BCUT2D eigenvalue weighted by atomic mass is 19.1. The molecule has 0 unspecified atom stereocenters. The number of halogens is 1. The molecule has 64 valence electrons. The first-order valence-electron chi connectivity index (χ1n) is 3.94. The Bertz CT molecular complexity index is 168. The molecule has 2 heteroatoms. The molecule has 0 aliphatic carbocycles. The molecule has 0 heterocycles. The van der Waals surface area contributed by atoms with Crippen molar-refractivity contribution < 1.29 is 4.39 Å². The predicted octanol–water partition coefficient (Wildman–Crippen LogP) is 2.98. The Morgan fingerprint density at radius 2 is 2.09 bits per heavy atom. The van der Waals surface area contributed by atoms with E-state index in [2.05, 4.69) is 4.99 Å². The van der Waals surface area contributed by atoms with Gasteiger partial charge in [-0.3, -0.25) is 4.99 Å². The van der Waals surface area contributed by atoms with E-state index < -0.39 is 0 Å². The molecule has 11 heavy (non-hydrogen) atoms. The SMILES string of the molecule is CC/C(=C(/F)C=NC)C(C)C. The standard InChI is InChI=1S/C9H16FN/c1-5-8(7(2)3)9(10)6-11-4/h6-7H,5H2,1-4H3/b9-8-,11-6?. The lowest BCUT2D eigenvalue weighted by Crippen LogP contribution is -1.96. The first-order chi connectivity index (χ1) is 5.13. The minimum atomic E-state index is -0.176. The summed E-state index contributed by atoms with van der Waals surface area (Å²) in [7, 11) is 1.58. The minimum Gasteiger partial charge on any atom is -0.293 e. The average molecular weight is 157 g/mol. The maximum Gasteiger partial charge on any atom is 0.140 e. The topological polar surface area (TPSA) is 12.4 Å². The Morgan fingerprint density at radius 3 is 2.36 bits per heavy atom. The summed E-state index contributed by atoms with van der Waals surface area (Å²) < 4.78 is 13.0. The van der Waals surface area contributed by atoms with Crippen molar-refractivity contribution in [2.24, 2.45) is 10.9 Å². The fourth-order valence-corrected chi connectivity index (χ4v) is 1.05. The molecule has 0 saturated heterocycles. The van der Waals surface area contributed by atoms with Crippen molar-refractivity contribution in [1.29, 1.82) is 0 Å². The van der Waals surface area contributed by atoms with Crippen molar-refractivity contribution in [2.45, 2.75) is 27.2 Å². The second-order valence-electron chi connectivity index (χ2n) is 2.77. The van der Waals surface area contributed by atoms with E-state index in [1.165, 1.54) is 6.21 Å². The molecule has 0 atom stereocenters. The van der Waals surface area contributed by atoms with E-state index in [-0.39, 0.29) is 11.7 Å². The molecule has 0 fully saturated rings. The van der Waals surface area contributed by atoms with E-state index in [1.54, 1.807) is 7.05 Å². The summed E-state index contributed by atoms with van der Waals surface area (Å²) in [5.41, 5.74) is 0.843. The number of allylic oxidation sites excluding steroid dienone is 2. The number of nitrogens with zero attached hydrogens (tertiary/aromatic N) is 1. The number of hydrogen-bond acceptors (Lipinski definition) is 1. The second-order valence-corrected chi connectivity index (χ2v) is 2.77. The van der Waals surface area contributed by atoms with Crippen LogP contribution in [-0.2, 0) is 0 Å². The van der Waals surface area contributed by atoms with Crippen molar-refractivity contribution in [3.05, 3.63) is 11.4 Å². The molecular weight excluding hydrogens is 141 g/mol. The van der Waals surface area contributed by atoms with Crippen molar-refractivity contribution in [3.8, 4) is 0 Å². The van der Waals surface area contributed by atoms with Crippen LogP contribution < -0.4 is 0 Å². The maximum absolute atomic E-state index is 13.0. The van der Waals surface area contributed by atoms with Crippen molar-refractivity contribution in [2.75, 3.05) is 7.05 Å². The van der Waals surface area contributed by atoms with Crippen LogP contribution in [0.25, 0.3) is 0 Å². The molecule has 1 nitrogen and oxygen atoms in total. The zero-order valence-electron chi connectivity index (χ0n) is 7.69. The molecule has 0 spiro atoms. The van der Waals surface area contributed by atoms with Crippen molar-refractivity contribution in [3.63, 3.8) is 0 Å². The molecule has 0 radical (unpaired) electrons. The van der Waals surface area contributed by atoms with Gasteiger partial charge in [-0.15, -0.1) is 0 Å². The lowest BCUT2D eigenvalue weighted by molar-refractivity contribution is 0.619. The van der Waals surface area contributed by atoms with E-state index in [0.717, 1.165) is 12.0 Å². The summed E-state index contributed by atoms with van der Waals surface area (Å²) in [6.07, 6.45) is 2.04. The van der Waals surface area contributed by atoms with E-state index in [9.17, 15) is 4.39 Å². The predicted molar refractivity (Wildman–Crippen MR) is 47.7 cm³/mol. The van der Waals surface area contributed by atoms with Crippen LogP contribution >= 0.6 is 0 Å². The third-order valence-electron chi connectivity index (χ3n) is 1.63. The Balaban J connectivity index is 4.53. The molecule has 0 bridgehead atoms. The third kappa shape index (κ3) is 3.30. The molecule has 0 rings (SSSR count). The van der Waals surface area contributed by atoms with Gasteiger partial charge >= 0.3 is 0 Å². The van der Waals surface area contributed by atoms with Gasteiger partial charge in [-0.1, -0.05) is 20.8 Å². The van der Waals surface area contributed by atoms with E-state index in [1.807, 2.05) is 20.8 Å². The summed E-state index contributed by atoms with van der Waals surface area (Å²) in [4.78, 5) is 3.63. The zero-order chi connectivity index (χ0) is 8.85. The first kappa shape index (κ1) is 10.3. The van der Waals surface area contributed by atoms with Gasteiger partial charge < -0.3 is 0 Å². The summed E-state index contributed by atoms with van der Waals surface area (Å²) in [5, 5.41) is 0. The molecule has 0 saturated carbocycles. The molecule has 0 aromatic rings. The van der Waals surface area contributed by atoms with Crippen LogP contribution in [0, 0.1) is 5.92 Å². The van der Waals surface area contributed by atoms with Crippen LogP contribution in [0.2, 0.25) is 0 Å². The monoisotopic (exact) mass is 157 g/mol. The maximum atomic E-state index is 13.0. The first-order valence-corrected chi connectivity index (χ1v) is 3.94. The van der Waals surface area contributed by atoms with E-state index >= 15 is 0 Å². The van der Waals surface area contributed by atoms with Gasteiger partial charge in [0, 0.05) is 7.05 Å². The molecule has 0 aliphatic heterocycles. The number of rotatable bonds is 3. The number of hydrogen-bond donors (Lipinski definition) is 0. The highest BCUT2D eigenvalue weighted by molar-refractivity contribution is 5.76. The fraction of sp³-hybridized carbons (Fsp3) is 0.667. The van der Waals surface area contributed by atoms with Gasteiger partial charge in [0.15, 0.2) is 0 Å². The summed E-state index contributed by atoms with van der Waals surface area (Å²) >= 11 is 0. The lowest BCUT2D eigenvalue weighted by Gasteiger charge is -2.07. The Labute approximate surface area is 68.0 Å². The van der Waals surface area contributed by atoms with Crippen LogP contribution in [0.15, 0.2) is 16.4 Å². The van der Waals surface area contributed by atoms with Crippen LogP contribution in [0.1, 0.15) is 27.2 Å². The van der Waals surface area contributed by atoms with Crippen LogP contribution in [-0.4, -0.2) is 13.3 Å². The van der Waals surface area contributed by atoms with Gasteiger partial charge in [-0.05, 0) is 17.9 Å². The molecule has 0 N–H and O–H groups in total. The second kappa shape index (κ2) is 5.05. The summed E-state index contributed by atoms with van der Waals surface area (Å²) in [6.45, 7) is 5.93. The molecule has 0 aromatic heterocycles. The van der Waals surface area contributed by atoms with Crippen molar-refractivity contribution >= 4 is 6.21 Å². The van der Waals surface area contributed by atoms with E-state index in [4.69, 9.17) is 0 Å². The Kier molecular flexibility index (Phi) is 4.75. The highest BCUT2D eigenvalue weighted by Gasteiger charge is 2.05. The van der Waals surface area contributed by atoms with Crippen LogP contribution in [0.4, 0.5) is 4.39 Å². The van der Waals surface area contributed by atoms with Crippen molar-refractivity contribution in [1.82, 2.24) is 0 Å². The van der Waals surface area contributed by atoms with Gasteiger partial charge in [0.2, 0.25) is 0 Å². The van der Waals surface area contributed by atoms with Gasteiger partial charge in [0.1, 0.15) is 5.83 Å². The zero-order valence-corrected chi connectivity index (χ0v) is 7.69. The molecular formula is C9H16FN. The van der Waals surface area contributed by atoms with Crippen LogP contribution in [0.3, 0.4) is 0 Å². The van der Waals surface area contributed by atoms with Gasteiger partial charge in [-0.25, -0.2) is 4.39 Å². The van der Waals surface area contributed by atoms with Gasteiger partial charge in [0.05, 0.1) is 6.21 Å². The summed E-state index contributed by atoms with van der Waals surface area (Å²) in [6, 6.07) is 0. The lowest BCUT2D eigenvalue weighted by atomic mass is 10.0. The Hall–Kier alpha value is -0.660. The Morgan fingerprint density at radius 1 is 1.55 bits per heavy atom. The highest BCUT2D eigenvalue weighted by Crippen LogP contribution is 2.17. The minimum absolute atomic E-state index is 0.176. The van der Waals surface area contributed by atoms with Gasteiger partial charge in [0.25, 0.3) is 0 Å². The smallest absolute Gasteiger partial charge is 0.140 e. The van der Waals surface area contributed by atoms with E-state index in [0.29, 0.717) is 0 Å². The number of aliphatic imine (C=N–C) groups is 1. The fourth-order valence-electron chi connectivity index (χ4n) is 1.05. The quantitative estimate of drug-likeness (QED) is 0.558. The molecule has 0 aliphatic rings. The summed E-state index contributed by atoms with van der Waals surface area (Å²) in [5.74, 6) is 0.100. The molecule has 0 amide bonds. The largest absolute Gasteiger partial charge is 0.293 e. The van der Waals surface area contributed by atoms with Gasteiger partial charge in [-0.2, -0.15) is 0 Å². The normalized spacial score (nSPS) is 14.4. The van der Waals surface area contributed by atoms with Crippen LogP contribution in [0.5, 0.6) is 0 Å². The molecule has 0 aromatic carbocycles. The average Bonchev–Trinajstić information content (AvgIpc) is 1.88. The third-order valence-corrected chi connectivity index (χ3v) is 1.63.